The molecule has 6 heteroatoms. The predicted octanol–water partition coefficient (Wildman–Crippen LogP) is 2.77. The van der Waals surface area contributed by atoms with Crippen LogP contribution in [0.4, 0.5) is 0 Å². The van der Waals surface area contributed by atoms with E-state index < -0.39 is 10.0 Å². The molecule has 1 rings (SSSR count). The largest absolute Gasteiger partial charge is 0.242 e. The van der Waals surface area contributed by atoms with Crippen molar-refractivity contribution in [2.45, 2.75) is 30.7 Å². The molecule has 0 aliphatic rings. The van der Waals surface area contributed by atoms with Gasteiger partial charge in [-0.2, -0.15) is 0 Å². The topological polar surface area (TPSA) is 46.2 Å². The minimum Gasteiger partial charge on any atom is -0.209 e. The molecular formula is C10H13Cl2NO2S. The van der Waals surface area contributed by atoms with Crippen LogP contribution in [0.2, 0.25) is 5.02 Å². The highest BCUT2D eigenvalue weighted by molar-refractivity contribution is 7.89. The van der Waals surface area contributed by atoms with Gasteiger partial charge >= 0.3 is 0 Å². The SMILES string of the molecule is CC(C)NS(=O)(=O)c1cc(CCl)ccc1Cl. The van der Waals surface area contributed by atoms with Gasteiger partial charge in [0.2, 0.25) is 10.0 Å². The highest BCUT2D eigenvalue weighted by Crippen LogP contribution is 2.23. The summed E-state index contributed by atoms with van der Waals surface area (Å²) >= 11 is 11.5. The second-order valence-corrected chi connectivity index (χ2v) is 6.03. The molecule has 0 fully saturated rings. The summed E-state index contributed by atoms with van der Waals surface area (Å²) in [6.07, 6.45) is 0. The van der Waals surface area contributed by atoms with E-state index in [1.165, 1.54) is 12.1 Å². The van der Waals surface area contributed by atoms with Crippen LogP contribution in [0.1, 0.15) is 19.4 Å². The number of hydrogen-bond acceptors (Lipinski definition) is 2. The monoisotopic (exact) mass is 281 g/mol. The zero-order valence-electron chi connectivity index (χ0n) is 9.00. The lowest BCUT2D eigenvalue weighted by molar-refractivity contribution is 0.570. The van der Waals surface area contributed by atoms with Crippen molar-refractivity contribution in [2.24, 2.45) is 0 Å². The maximum Gasteiger partial charge on any atom is 0.242 e. The number of halogens is 2. The van der Waals surface area contributed by atoms with Crippen molar-refractivity contribution >= 4 is 33.2 Å². The number of sulfonamides is 1. The van der Waals surface area contributed by atoms with Crippen LogP contribution < -0.4 is 4.72 Å². The summed E-state index contributed by atoms with van der Waals surface area (Å²) in [6, 6.07) is 4.54. The van der Waals surface area contributed by atoms with Crippen molar-refractivity contribution in [3.8, 4) is 0 Å². The zero-order chi connectivity index (χ0) is 12.3. The molecule has 0 aromatic heterocycles. The Bertz CT molecular complexity index is 472. The van der Waals surface area contributed by atoms with E-state index >= 15 is 0 Å². The van der Waals surface area contributed by atoms with Gasteiger partial charge in [-0.25, -0.2) is 13.1 Å². The Morgan fingerprint density at radius 2 is 2.00 bits per heavy atom. The lowest BCUT2D eigenvalue weighted by atomic mass is 10.2. The molecule has 0 atom stereocenters. The summed E-state index contributed by atoms with van der Waals surface area (Å²) in [5, 5.41) is 0.196. The minimum atomic E-state index is -3.56. The van der Waals surface area contributed by atoms with E-state index in [0.717, 1.165) is 5.56 Å². The van der Waals surface area contributed by atoms with Crippen LogP contribution in [0, 0.1) is 0 Å². The van der Waals surface area contributed by atoms with Crippen LogP contribution in [-0.2, 0) is 15.9 Å². The molecule has 0 amide bonds. The van der Waals surface area contributed by atoms with Crippen molar-refractivity contribution in [3.63, 3.8) is 0 Å². The molecule has 0 saturated carbocycles. The molecule has 1 N–H and O–H groups in total. The molecule has 90 valence electrons. The van der Waals surface area contributed by atoms with E-state index in [1.807, 2.05) is 0 Å². The van der Waals surface area contributed by atoms with Gasteiger partial charge in [0.15, 0.2) is 0 Å². The average Bonchev–Trinajstić information content (AvgIpc) is 2.16. The number of benzene rings is 1. The van der Waals surface area contributed by atoms with Crippen molar-refractivity contribution in [1.82, 2.24) is 4.72 Å². The van der Waals surface area contributed by atoms with Crippen LogP contribution in [0.3, 0.4) is 0 Å². The molecule has 1 aromatic carbocycles. The summed E-state index contributed by atoms with van der Waals surface area (Å²) < 4.78 is 26.3. The smallest absolute Gasteiger partial charge is 0.209 e. The molecular weight excluding hydrogens is 269 g/mol. The van der Waals surface area contributed by atoms with Crippen LogP contribution in [-0.4, -0.2) is 14.5 Å². The molecule has 0 unspecified atom stereocenters. The summed E-state index contributed by atoms with van der Waals surface area (Å²) in [5.41, 5.74) is 0.718. The molecule has 1 aromatic rings. The number of hydrogen-bond donors (Lipinski definition) is 1. The third-order valence-electron chi connectivity index (χ3n) is 1.83. The first-order valence-corrected chi connectivity index (χ1v) is 7.13. The van der Waals surface area contributed by atoms with E-state index in [9.17, 15) is 8.42 Å². The van der Waals surface area contributed by atoms with Gasteiger partial charge in [-0.1, -0.05) is 17.7 Å². The maximum atomic E-state index is 11.9. The first-order chi connectivity index (χ1) is 7.36. The molecule has 0 bridgehead atoms. The van der Waals surface area contributed by atoms with Gasteiger partial charge in [-0.15, -0.1) is 11.6 Å². The Morgan fingerprint density at radius 1 is 1.38 bits per heavy atom. The van der Waals surface area contributed by atoms with Crippen molar-refractivity contribution in [3.05, 3.63) is 28.8 Å². The van der Waals surface area contributed by atoms with Gasteiger partial charge in [0.1, 0.15) is 4.90 Å². The summed E-state index contributed by atoms with van der Waals surface area (Å²) in [6.45, 7) is 3.49. The first kappa shape index (κ1) is 13.8. The van der Waals surface area contributed by atoms with Crippen molar-refractivity contribution < 1.29 is 8.42 Å². The Balaban J connectivity index is 3.21. The third kappa shape index (κ3) is 3.35. The fourth-order valence-corrected chi connectivity index (χ4v) is 3.18. The number of alkyl halides is 1. The van der Waals surface area contributed by atoms with E-state index in [1.54, 1.807) is 19.9 Å². The molecule has 0 aliphatic carbocycles. The van der Waals surface area contributed by atoms with E-state index in [4.69, 9.17) is 23.2 Å². The van der Waals surface area contributed by atoms with Gasteiger partial charge in [-0.05, 0) is 31.5 Å². The highest BCUT2D eigenvalue weighted by Gasteiger charge is 2.19. The summed E-state index contributed by atoms with van der Waals surface area (Å²) in [7, 11) is -3.56. The lowest BCUT2D eigenvalue weighted by Crippen LogP contribution is -2.30. The predicted molar refractivity (Wildman–Crippen MR) is 66.5 cm³/mol. The molecule has 3 nitrogen and oxygen atoms in total. The highest BCUT2D eigenvalue weighted by atomic mass is 35.5. The fraction of sp³-hybridized carbons (Fsp3) is 0.400. The van der Waals surface area contributed by atoms with E-state index in [2.05, 4.69) is 4.72 Å². The third-order valence-corrected chi connectivity index (χ3v) is 4.28. The Morgan fingerprint density at radius 3 is 2.50 bits per heavy atom. The molecule has 0 aliphatic heterocycles. The zero-order valence-corrected chi connectivity index (χ0v) is 11.3. The van der Waals surface area contributed by atoms with Gasteiger partial charge in [0.25, 0.3) is 0 Å². The van der Waals surface area contributed by atoms with Crippen LogP contribution in [0.25, 0.3) is 0 Å². The average molecular weight is 282 g/mol. The van der Waals surface area contributed by atoms with Gasteiger partial charge in [0, 0.05) is 11.9 Å². The summed E-state index contributed by atoms with van der Waals surface area (Å²) in [5.74, 6) is 0.251. The number of nitrogens with one attached hydrogen (secondary N) is 1. The lowest BCUT2D eigenvalue weighted by Gasteiger charge is -2.11. The standard InChI is InChI=1S/C10H13Cl2NO2S/c1-7(2)13-16(14,15)10-5-8(6-11)3-4-9(10)12/h3-5,7,13H,6H2,1-2H3. The maximum absolute atomic E-state index is 11.9. The molecule has 0 spiro atoms. The molecule has 16 heavy (non-hydrogen) atoms. The van der Waals surface area contributed by atoms with Crippen LogP contribution in [0.15, 0.2) is 23.1 Å². The minimum absolute atomic E-state index is 0.0704. The van der Waals surface area contributed by atoms with Crippen LogP contribution in [0.5, 0.6) is 0 Å². The quantitative estimate of drug-likeness (QED) is 0.863. The number of rotatable bonds is 4. The normalized spacial score (nSPS) is 12.1. The van der Waals surface area contributed by atoms with Crippen LogP contribution >= 0.6 is 23.2 Å². The van der Waals surface area contributed by atoms with E-state index in [-0.39, 0.29) is 21.8 Å². The Labute approximate surface area is 106 Å². The summed E-state index contributed by atoms with van der Waals surface area (Å²) in [4.78, 5) is 0.0704. The van der Waals surface area contributed by atoms with Gasteiger partial charge < -0.3 is 0 Å². The second kappa shape index (κ2) is 5.36. The first-order valence-electron chi connectivity index (χ1n) is 4.73. The van der Waals surface area contributed by atoms with Crippen molar-refractivity contribution in [2.75, 3.05) is 0 Å². The molecule has 0 saturated heterocycles. The van der Waals surface area contributed by atoms with Gasteiger partial charge in [0.05, 0.1) is 5.02 Å². The van der Waals surface area contributed by atoms with E-state index in [0.29, 0.717) is 0 Å². The van der Waals surface area contributed by atoms with Gasteiger partial charge in [-0.3, -0.25) is 0 Å². The second-order valence-electron chi connectivity index (χ2n) is 3.67. The molecule has 0 radical (unpaired) electrons. The van der Waals surface area contributed by atoms with Crippen molar-refractivity contribution in [1.29, 1.82) is 0 Å². The fourth-order valence-electron chi connectivity index (χ4n) is 1.21. The Hall–Kier alpha value is -0.290. The molecule has 0 heterocycles. The Kier molecular flexibility index (Phi) is 4.62.